The van der Waals surface area contributed by atoms with Crippen molar-refractivity contribution in [2.45, 2.75) is 6.92 Å². The molecule has 102 valence electrons. The van der Waals surface area contributed by atoms with E-state index in [1.165, 1.54) is 12.3 Å². The molecule has 0 atom stereocenters. The van der Waals surface area contributed by atoms with Crippen molar-refractivity contribution in [3.05, 3.63) is 65.6 Å². The normalized spacial score (nSPS) is 11.2. The van der Waals surface area contributed by atoms with Crippen molar-refractivity contribution in [1.29, 1.82) is 0 Å². The maximum Gasteiger partial charge on any atom is 0.342 e. The second kappa shape index (κ2) is 6.52. The van der Waals surface area contributed by atoms with Gasteiger partial charge in [-0.2, -0.15) is 0 Å². The molecule has 4 heteroatoms. The smallest absolute Gasteiger partial charge is 0.342 e. The van der Waals surface area contributed by atoms with Crippen molar-refractivity contribution >= 4 is 17.8 Å². The lowest BCUT2D eigenvalue weighted by Gasteiger charge is -2.05. The average molecular weight is 270 g/mol. The molecule has 0 amide bonds. The summed E-state index contributed by atoms with van der Waals surface area (Å²) in [5.74, 6) is -0.615. The molecule has 2 aromatic rings. The van der Waals surface area contributed by atoms with Crippen molar-refractivity contribution in [3.63, 3.8) is 0 Å². The maximum atomic E-state index is 12.4. The molecular weight excluding hydrogens is 256 g/mol. The molecule has 0 saturated heterocycles. The van der Waals surface area contributed by atoms with Crippen LogP contribution in [0.5, 0.6) is 0 Å². The molecule has 0 unspecified atom stereocenters. The number of carbonyl (C=O) groups is 2. The number of carbonyl (C=O) groups excluding carboxylic acids is 2. The molecule has 0 N–H and O–H groups in total. The van der Waals surface area contributed by atoms with Crippen molar-refractivity contribution in [2.75, 3.05) is 6.61 Å². The Bertz CT molecular complexity index is 609. The number of hydrogen-bond acceptors (Lipinski definition) is 4. The first-order valence-electron chi connectivity index (χ1n) is 6.24. The Balaban J connectivity index is 2.37. The van der Waals surface area contributed by atoms with Crippen LogP contribution in [0.15, 0.2) is 58.7 Å². The first-order chi connectivity index (χ1) is 9.72. The summed E-state index contributed by atoms with van der Waals surface area (Å²) in [5, 5.41) is 0. The molecule has 0 spiro atoms. The van der Waals surface area contributed by atoms with E-state index in [2.05, 4.69) is 0 Å². The number of benzene rings is 1. The van der Waals surface area contributed by atoms with Gasteiger partial charge < -0.3 is 9.15 Å². The number of ether oxygens (including phenoxy) is 1. The zero-order valence-corrected chi connectivity index (χ0v) is 11.0. The molecule has 2 rings (SSSR count). The van der Waals surface area contributed by atoms with Crippen molar-refractivity contribution in [2.24, 2.45) is 0 Å². The van der Waals surface area contributed by atoms with Gasteiger partial charge in [0.25, 0.3) is 0 Å². The van der Waals surface area contributed by atoms with Gasteiger partial charge in [-0.25, -0.2) is 4.79 Å². The van der Waals surface area contributed by atoms with E-state index in [4.69, 9.17) is 9.15 Å². The van der Waals surface area contributed by atoms with Crippen molar-refractivity contribution in [1.82, 2.24) is 0 Å². The lowest BCUT2D eigenvalue weighted by molar-refractivity contribution is -0.137. The predicted molar refractivity (Wildman–Crippen MR) is 74.1 cm³/mol. The summed E-state index contributed by atoms with van der Waals surface area (Å²) in [5.41, 5.74) is 0.381. The van der Waals surface area contributed by atoms with E-state index >= 15 is 0 Å². The van der Waals surface area contributed by atoms with Gasteiger partial charge in [0.05, 0.1) is 12.9 Å². The Morgan fingerprint density at radius 1 is 1.15 bits per heavy atom. The Kier molecular flexibility index (Phi) is 4.50. The minimum Gasteiger partial charge on any atom is -0.465 e. The fourth-order valence-electron chi connectivity index (χ4n) is 1.69. The maximum absolute atomic E-state index is 12.4. The Hall–Kier alpha value is -2.62. The highest BCUT2D eigenvalue weighted by Gasteiger charge is 2.21. The summed E-state index contributed by atoms with van der Waals surface area (Å²) in [4.78, 5) is 24.3. The summed E-state index contributed by atoms with van der Waals surface area (Å²) < 4.78 is 10.1. The van der Waals surface area contributed by atoms with Crippen LogP contribution >= 0.6 is 0 Å². The molecule has 0 saturated carbocycles. The zero-order chi connectivity index (χ0) is 14.4. The summed E-state index contributed by atoms with van der Waals surface area (Å²) in [7, 11) is 0. The van der Waals surface area contributed by atoms with E-state index in [1.54, 1.807) is 49.4 Å². The Morgan fingerprint density at radius 3 is 2.50 bits per heavy atom. The quantitative estimate of drug-likeness (QED) is 0.275. The van der Waals surface area contributed by atoms with Crippen LogP contribution in [0.2, 0.25) is 0 Å². The third-order valence-corrected chi connectivity index (χ3v) is 2.61. The monoisotopic (exact) mass is 270 g/mol. The van der Waals surface area contributed by atoms with Gasteiger partial charge in [0.1, 0.15) is 11.3 Å². The molecular formula is C16H14O4. The second-order valence-electron chi connectivity index (χ2n) is 3.99. The van der Waals surface area contributed by atoms with Gasteiger partial charge in [-0.05, 0) is 25.1 Å². The third kappa shape index (κ3) is 3.23. The zero-order valence-electron chi connectivity index (χ0n) is 11.0. The van der Waals surface area contributed by atoms with Gasteiger partial charge in [0.15, 0.2) is 5.78 Å². The summed E-state index contributed by atoms with van der Waals surface area (Å²) in [6, 6.07) is 11.9. The van der Waals surface area contributed by atoms with E-state index in [-0.39, 0.29) is 18.0 Å². The van der Waals surface area contributed by atoms with E-state index in [1.807, 2.05) is 0 Å². The van der Waals surface area contributed by atoms with Crippen LogP contribution in [0.1, 0.15) is 23.0 Å². The molecule has 0 radical (unpaired) electrons. The van der Waals surface area contributed by atoms with Gasteiger partial charge in [-0.15, -0.1) is 0 Å². The Labute approximate surface area is 116 Å². The standard InChI is InChI=1S/C16H14O4/c1-2-19-16(18)14(11-13-9-6-10-20-13)15(17)12-7-4-3-5-8-12/h3-11H,2H2,1H3/b14-11-. The van der Waals surface area contributed by atoms with E-state index < -0.39 is 5.97 Å². The van der Waals surface area contributed by atoms with Crippen molar-refractivity contribution < 1.29 is 18.7 Å². The van der Waals surface area contributed by atoms with E-state index in [9.17, 15) is 9.59 Å². The summed E-state index contributed by atoms with van der Waals surface area (Å²) in [6.45, 7) is 1.89. The molecule has 1 aromatic heterocycles. The Morgan fingerprint density at radius 2 is 1.90 bits per heavy atom. The van der Waals surface area contributed by atoms with Crippen molar-refractivity contribution in [3.8, 4) is 0 Å². The van der Waals surface area contributed by atoms with E-state index in [0.29, 0.717) is 11.3 Å². The highest BCUT2D eigenvalue weighted by Crippen LogP contribution is 2.15. The molecule has 1 aromatic carbocycles. The van der Waals surface area contributed by atoms with E-state index in [0.717, 1.165) is 0 Å². The number of esters is 1. The highest BCUT2D eigenvalue weighted by molar-refractivity contribution is 6.26. The molecule has 0 aliphatic rings. The van der Waals surface area contributed by atoms with Gasteiger partial charge in [-0.1, -0.05) is 30.3 Å². The number of hydrogen-bond donors (Lipinski definition) is 0. The first-order valence-corrected chi connectivity index (χ1v) is 6.24. The van der Waals surface area contributed by atoms with Crippen LogP contribution in [0.3, 0.4) is 0 Å². The lowest BCUT2D eigenvalue weighted by atomic mass is 10.0. The second-order valence-corrected chi connectivity index (χ2v) is 3.99. The minimum absolute atomic E-state index is 0.0481. The molecule has 0 aliphatic carbocycles. The van der Waals surface area contributed by atoms with Crippen LogP contribution in [0.25, 0.3) is 6.08 Å². The lowest BCUT2D eigenvalue weighted by Crippen LogP contribution is -2.16. The molecule has 0 fully saturated rings. The third-order valence-electron chi connectivity index (χ3n) is 2.61. The van der Waals surface area contributed by atoms with Gasteiger partial charge in [-0.3, -0.25) is 4.79 Å². The molecule has 4 nitrogen and oxygen atoms in total. The highest BCUT2D eigenvalue weighted by atomic mass is 16.5. The van der Waals surface area contributed by atoms with Gasteiger partial charge in [0.2, 0.25) is 0 Å². The molecule has 1 heterocycles. The molecule has 0 bridgehead atoms. The number of ketones is 1. The first kappa shape index (κ1) is 13.8. The minimum atomic E-state index is -0.655. The predicted octanol–water partition coefficient (Wildman–Crippen LogP) is 3.11. The molecule has 20 heavy (non-hydrogen) atoms. The number of rotatable bonds is 5. The largest absolute Gasteiger partial charge is 0.465 e. The van der Waals surface area contributed by atoms with Gasteiger partial charge in [0, 0.05) is 5.56 Å². The number of furan rings is 1. The molecule has 0 aliphatic heterocycles. The van der Waals surface area contributed by atoms with Crippen LogP contribution < -0.4 is 0 Å². The fourth-order valence-corrected chi connectivity index (χ4v) is 1.69. The van der Waals surface area contributed by atoms with Crippen LogP contribution in [-0.2, 0) is 9.53 Å². The SMILES string of the molecule is CCOC(=O)/C(=C\c1ccco1)C(=O)c1ccccc1. The number of Topliss-reactive ketones (excluding diaryl/α,β-unsaturated/α-hetero) is 1. The van der Waals surface area contributed by atoms with Crippen LogP contribution in [0.4, 0.5) is 0 Å². The summed E-state index contributed by atoms with van der Waals surface area (Å²) in [6.07, 6.45) is 2.87. The van der Waals surface area contributed by atoms with Gasteiger partial charge >= 0.3 is 5.97 Å². The van der Waals surface area contributed by atoms with Crippen LogP contribution in [0, 0.1) is 0 Å². The fraction of sp³-hybridized carbons (Fsp3) is 0.125. The summed E-state index contributed by atoms with van der Waals surface area (Å²) >= 11 is 0. The topological polar surface area (TPSA) is 56.5 Å². The van der Waals surface area contributed by atoms with Crippen LogP contribution in [-0.4, -0.2) is 18.4 Å². The average Bonchev–Trinajstić information content (AvgIpc) is 2.98.